The maximum Gasteiger partial charge on any atom is 0.416 e. The van der Waals surface area contributed by atoms with Gasteiger partial charge >= 0.3 is 18.1 Å². The van der Waals surface area contributed by atoms with E-state index >= 15 is 0 Å². The molecule has 0 aliphatic rings. The minimum atomic E-state index is -4.53. The molecule has 0 aliphatic heterocycles. The highest BCUT2D eigenvalue weighted by molar-refractivity contribution is 7.59. The number of nitrogens with one attached hydrogen (secondary N) is 1. The van der Waals surface area contributed by atoms with Crippen molar-refractivity contribution >= 4 is 42.8 Å². The van der Waals surface area contributed by atoms with E-state index in [0.717, 1.165) is 28.8 Å². The average molecular weight is 1140 g/mol. The molecule has 1 atom stereocenters. The first-order chi connectivity index (χ1) is 38.2. The number of anilines is 2. The number of benzene rings is 5. The van der Waals surface area contributed by atoms with E-state index in [4.69, 9.17) is 42.9 Å². The van der Waals surface area contributed by atoms with Crippen molar-refractivity contribution in [2.75, 3.05) is 72.8 Å². The fourth-order valence-electron chi connectivity index (χ4n) is 8.61. The summed E-state index contributed by atoms with van der Waals surface area (Å²) in [5, 5.41) is 2.83. The molecule has 20 heteroatoms. The molecule has 6 rings (SSSR count). The zero-order valence-corrected chi connectivity index (χ0v) is 48.4. The Morgan fingerprint density at radius 2 is 1.38 bits per heavy atom. The number of aromatic nitrogens is 2. The summed E-state index contributed by atoms with van der Waals surface area (Å²) in [6.07, 6.45) is -2.90. The Kier molecular flexibility index (Phi) is 24.5. The van der Waals surface area contributed by atoms with Crippen LogP contribution in [0.15, 0.2) is 116 Å². The molecule has 81 heavy (non-hydrogen) atoms. The van der Waals surface area contributed by atoms with Gasteiger partial charge in [-0.3, -0.25) is 19.3 Å². The predicted octanol–water partition coefficient (Wildman–Crippen LogP) is 10.5. The number of amides is 1. The first-order valence-corrected chi connectivity index (χ1v) is 26.2. The molecule has 0 saturated carbocycles. The molecule has 436 valence electrons. The van der Waals surface area contributed by atoms with Gasteiger partial charge in [0.15, 0.2) is 11.5 Å². The Morgan fingerprint density at radius 1 is 0.704 bits per heavy atom. The lowest BCUT2D eigenvalue weighted by Gasteiger charge is -2.27. The highest BCUT2D eigenvalue weighted by atomic mass is 32.1. The predicted molar refractivity (Wildman–Crippen MR) is 307 cm³/mol. The summed E-state index contributed by atoms with van der Waals surface area (Å²) in [4.78, 5) is 52.2. The van der Waals surface area contributed by atoms with Gasteiger partial charge in [0.2, 0.25) is 5.91 Å². The van der Waals surface area contributed by atoms with E-state index in [-0.39, 0.29) is 65.2 Å². The molecule has 0 bridgehead atoms. The van der Waals surface area contributed by atoms with Gasteiger partial charge in [0.05, 0.1) is 89.9 Å². The highest BCUT2D eigenvalue weighted by Crippen LogP contribution is 2.40. The molecule has 6 aromatic rings. The largest absolute Gasteiger partial charge is 0.496 e. The number of nitrogens with zero attached hydrogens (tertiary/aromatic N) is 4. The smallest absolute Gasteiger partial charge is 0.416 e. The first-order valence-electron chi connectivity index (χ1n) is 26.2. The number of esters is 2. The minimum absolute atomic E-state index is 0. The lowest BCUT2D eigenvalue weighted by atomic mass is 9.94. The van der Waals surface area contributed by atoms with E-state index in [1.54, 1.807) is 66.2 Å². The van der Waals surface area contributed by atoms with Gasteiger partial charge in [0.1, 0.15) is 48.2 Å². The molecule has 1 N–H and O–H groups in total. The SMILES string of the molecule is CCOC(=O)CN(C)Cc1cccc(Cc2cc(N(Cc3c(OC)cc(OCCOCc4ccc(C)cc4)cc3OC)c3ccc(OC)c(OCCNC(=O)[C@H](CC(=O)OC(C)(C)C)Cc4ccc(C(F)(F)F)cc4)c3)ncn2)c1.S. The van der Waals surface area contributed by atoms with Crippen LogP contribution in [0.4, 0.5) is 24.7 Å². The zero-order valence-electron chi connectivity index (χ0n) is 47.4. The number of ether oxygens (including phenoxy) is 8. The quantitative estimate of drug-likeness (QED) is 0.0347. The Labute approximate surface area is 479 Å². The number of carbonyl (C=O) groups excluding carboxylic acids is 3. The van der Waals surface area contributed by atoms with Crippen LogP contribution >= 0.6 is 13.5 Å². The van der Waals surface area contributed by atoms with Gasteiger partial charge in [-0.05, 0) is 94.6 Å². The molecule has 0 radical (unpaired) electrons. The van der Waals surface area contributed by atoms with Crippen LogP contribution in [0.1, 0.15) is 78.8 Å². The number of halogens is 3. The van der Waals surface area contributed by atoms with Crippen LogP contribution in [0.25, 0.3) is 0 Å². The van der Waals surface area contributed by atoms with Crippen LogP contribution < -0.4 is 33.9 Å². The molecule has 1 heterocycles. The van der Waals surface area contributed by atoms with Gasteiger partial charge in [-0.2, -0.15) is 26.7 Å². The number of rotatable bonds is 29. The summed E-state index contributed by atoms with van der Waals surface area (Å²) < 4.78 is 86.8. The molecule has 1 amide bonds. The maximum atomic E-state index is 13.8. The number of likely N-dealkylation sites (N-methyl/N-ethyl adjacent to an activating group) is 1. The Bertz CT molecular complexity index is 2950. The lowest BCUT2D eigenvalue weighted by molar-refractivity contribution is -0.157. The molecule has 16 nitrogen and oxygen atoms in total. The molecule has 0 fully saturated rings. The Hall–Kier alpha value is -7.55. The second-order valence-corrected chi connectivity index (χ2v) is 20.0. The highest BCUT2D eigenvalue weighted by Gasteiger charge is 2.31. The Balaban J connectivity index is 0.0000120. The van der Waals surface area contributed by atoms with Crippen LogP contribution in [0.2, 0.25) is 0 Å². The summed E-state index contributed by atoms with van der Waals surface area (Å²) >= 11 is 0. The monoisotopic (exact) mass is 1140 g/mol. The third-order valence-electron chi connectivity index (χ3n) is 12.4. The topological polar surface area (TPSA) is 169 Å². The van der Waals surface area contributed by atoms with Gasteiger partial charge in [0, 0.05) is 42.9 Å². The van der Waals surface area contributed by atoms with E-state index in [9.17, 15) is 27.6 Å². The van der Waals surface area contributed by atoms with Crippen LogP contribution in [0.5, 0.6) is 28.7 Å². The van der Waals surface area contributed by atoms with Crippen LogP contribution in [0.3, 0.4) is 0 Å². The van der Waals surface area contributed by atoms with Gasteiger partial charge in [-0.1, -0.05) is 66.2 Å². The van der Waals surface area contributed by atoms with Crippen LogP contribution in [-0.4, -0.2) is 106 Å². The summed E-state index contributed by atoms with van der Waals surface area (Å²) in [6.45, 7) is 11.1. The standard InChI is InChI=1S/C61H72F3N5O11.H2S/c1-10-77-58(71)38-68(6)36-45-13-11-12-44(28-45)30-48-32-56(67-40-66-48)69(37-51-53(74-8)34-50(35-54(51)75-9)78-27-26-76-39-43-16-14-41(2)15-17-43)49-22-23-52(73-7)55(33-49)79-25-24-65-59(72)46(31-57(70)80-60(3,4)5)29-42-18-20-47(21-19-42)61(62,63)64;/h11-23,28,32-35,40,46H,10,24-27,29-31,36-39H2,1-9H3,(H,65,72);1H2/t46-;/m0./s1. The molecule has 0 spiro atoms. The number of carbonyl (C=O) groups is 3. The fourth-order valence-corrected chi connectivity index (χ4v) is 8.61. The van der Waals surface area contributed by atoms with Crippen LogP contribution in [-0.2, 0) is 67.3 Å². The van der Waals surface area contributed by atoms with E-state index in [1.807, 2.05) is 78.4 Å². The van der Waals surface area contributed by atoms with Crippen molar-refractivity contribution in [1.29, 1.82) is 0 Å². The van der Waals surface area contributed by atoms with Gasteiger partial charge in [-0.25, -0.2) is 9.97 Å². The van der Waals surface area contributed by atoms with Crippen LogP contribution in [0, 0.1) is 12.8 Å². The molecule has 0 aliphatic carbocycles. The number of hydrogen-bond donors (Lipinski definition) is 1. The number of aryl methyl sites for hydroxylation is 1. The maximum absolute atomic E-state index is 13.8. The van der Waals surface area contributed by atoms with Crippen molar-refractivity contribution < 1.29 is 65.4 Å². The molecular weight excluding hydrogens is 1070 g/mol. The molecule has 0 unspecified atom stereocenters. The van der Waals surface area contributed by atoms with Crippen molar-refractivity contribution in [3.63, 3.8) is 0 Å². The minimum Gasteiger partial charge on any atom is -0.496 e. The molecule has 5 aromatic carbocycles. The number of hydrogen-bond acceptors (Lipinski definition) is 15. The molecular formula is C61H74F3N5O11S. The van der Waals surface area contributed by atoms with E-state index in [2.05, 4.69) is 16.4 Å². The van der Waals surface area contributed by atoms with E-state index in [0.29, 0.717) is 89.9 Å². The van der Waals surface area contributed by atoms with Crippen molar-refractivity contribution in [2.45, 2.75) is 85.4 Å². The second-order valence-electron chi connectivity index (χ2n) is 20.0. The molecule has 0 saturated heterocycles. The zero-order chi connectivity index (χ0) is 57.8. The van der Waals surface area contributed by atoms with Gasteiger partial charge in [0.25, 0.3) is 0 Å². The average Bonchev–Trinajstić information content (AvgIpc) is 3.41. The van der Waals surface area contributed by atoms with Crippen molar-refractivity contribution in [2.24, 2.45) is 5.92 Å². The summed E-state index contributed by atoms with van der Waals surface area (Å²) in [5.41, 5.74) is 5.02. The van der Waals surface area contributed by atoms with Gasteiger partial charge < -0.3 is 48.1 Å². The van der Waals surface area contributed by atoms with Crippen molar-refractivity contribution in [1.82, 2.24) is 20.2 Å². The fraction of sp³-hybridized carbons (Fsp3) is 0.393. The third-order valence-corrected chi connectivity index (χ3v) is 12.4. The first kappa shape index (κ1) is 64.3. The number of methoxy groups -OCH3 is 3. The second kappa shape index (κ2) is 30.9. The summed E-state index contributed by atoms with van der Waals surface area (Å²) in [7, 11) is 6.49. The normalized spacial score (nSPS) is 11.7. The Morgan fingerprint density at radius 3 is 2.04 bits per heavy atom. The van der Waals surface area contributed by atoms with Crippen molar-refractivity contribution in [3.8, 4) is 28.7 Å². The van der Waals surface area contributed by atoms with Gasteiger partial charge in [-0.15, -0.1) is 0 Å². The van der Waals surface area contributed by atoms with Crippen molar-refractivity contribution in [3.05, 3.63) is 160 Å². The lowest BCUT2D eigenvalue weighted by Crippen LogP contribution is -2.37. The van der Waals surface area contributed by atoms with E-state index in [1.165, 1.54) is 31.1 Å². The molecule has 1 aromatic heterocycles. The van der Waals surface area contributed by atoms with E-state index < -0.39 is 35.1 Å². The third kappa shape index (κ3) is 20.5. The summed E-state index contributed by atoms with van der Waals surface area (Å²) in [5.74, 6) is 0.311. The number of alkyl halides is 3. The summed E-state index contributed by atoms with van der Waals surface area (Å²) in [6, 6.07) is 31.5.